The molecule has 0 aliphatic heterocycles. The highest BCUT2D eigenvalue weighted by Gasteiger charge is 1.90. The normalized spacial score (nSPS) is 12.8. The van der Waals surface area contributed by atoms with E-state index in [0.717, 1.165) is 0 Å². The first kappa shape index (κ1) is 11.5. The molecule has 0 saturated carbocycles. The van der Waals surface area contributed by atoms with E-state index in [9.17, 15) is 0 Å². The highest BCUT2D eigenvalue weighted by molar-refractivity contribution is 5.20. The molecule has 0 heterocycles. The highest BCUT2D eigenvalue weighted by atomic mass is 14.0. The molecule has 0 heteroatoms. The molecule has 0 aromatic rings. The molecule has 0 aliphatic rings. The number of hydrogen-bond acceptors (Lipinski definition) is 0. The van der Waals surface area contributed by atoms with Crippen LogP contribution in [-0.2, 0) is 0 Å². The first-order valence-corrected chi connectivity index (χ1v) is 4.85. The molecule has 0 aromatic heterocycles. The van der Waals surface area contributed by atoms with Crippen LogP contribution in [0.5, 0.6) is 0 Å². The Morgan fingerprint density at radius 1 is 1.25 bits per heavy atom. The first-order valence-electron chi connectivity index (χ1n) is 4.85. The maximum atomic E-state index is 2.24. The van der Waals surface area contributed by atoms with E-state index in [1.165, 1.54) is 18.8 Å². The SMILES string of the molecule is CCC/C=C/[C](C)/C=C/C(C)C. The second kappa shape index (κ2) is 7.15. The molecule has 0 saturated heterocycles. The Bertz CT molecular complexity index is 140. The van der Waals surface area contributed by atoms with E-state index in [4.69, 9.17) is 0 Å². The number of rotatable bonds is 5. The van der Waals surface area contributed by atoms with Gasteiger partial charge >= 0.3 is 0 Å². The zero-order chi connectivity index (χ0) is 9.40. The van der Waals surface area contributed by atoms with Gasteiger partial charge in [0.2, 0.25) is 0 Å². The molecule has 1 radical (unpaired) electrons. The van der Waals surface area contributed by atoms with Crippen LogP contribution in [-0.4, -0.2) is 0 Å². The fourth-order valence-corrected chi connectivity index (χ4v) is 0.836. The molecule has 0 nitrogen and oxygen atoms in total. The molecular formula is C12H21. The van der Waals surface area contributed by atoms with Crippen molar-refractivity contribution < 1.29 is 0 Å². The topological polar surface area (TPSA) is 0 Å². The Labute approximate surface area is 77.4 Å². The van der Waals surface area contributed by atoms with Crippen molar-refractivity contribution in [3.63, 3.8) is 0 Å². The third-order valence-corrected chi connectivity index (χ3v) is 1.58. The Hall–Kier alpha value is -0.520. The summed E-state index contributed by atoms with van der Waals surface area (Å²) in [6.45, 7) is 8.73. The second-order valence-corrected chi connectivity index (χ2v) is 3.54. The lowest BCUT2D eigenvalue weighted by Crippen LogP contribution is -1.83. The fourth-order valence-electron chi connectivity index (χ4n) is 0.836. The molecule has 0 bridgehead atoms. The lowest BCUT2D eigenvalue weighted by molar-refractivity contribution is 0.829. The summed E-state index contributed by atoms with van der Waals surface area (Å²) in [4.78, 5) is 0. The molecular weight excluding hydrogens is 144 g/mol. The van der Waals surface area contributed by atoms with Crippen LogP contribution in [0.2, 0.25) is 0 Å². The minimum atomic E-state index is 0.652. The van der Waals surface area contributed by atoms with Crippen molar-refractivity contribution in [1.29, 1.82) is 0 Å². The average molecular weight is 165 g/mol. The van der Waals surface area contributed by atoms with Crippen molar-refractivity contribution >= 4 is 0 Å². The van der Waals surface area contributed by atoms with Crippen LogP contribution in [0.4, 0.5) is 0 Å². The predicted molar refractivity (Wildman–Crippen MR) is 56.9 cm³/mol. The van der Waals surface area contributed by atoms with Crippen LogP contribution in [0.25, 0.3) is 0 Å². The largest absolute Gasteiger partial charge is 0.0876 e. The van der Waals surface area contributed by atoms with Gasteiger partial charge in [-0.05, 0) is 12.3 Å². The summed E-state index contributed by atoms with van der Waals surface area (Å²) in [6.07, 6.45) is 11.3. The van der Waals surface area contributed by atoms with Crippen LogP contribution in [0.15, 0.2) is 24.3 Å². The molecule has 0 aromatic carbocycles. The van der Waals surface area contributed by atoms with E-state index in [0.29, 0.717) is 5.92 Å². The molecule has 0 amide bonds. The maximum Gasteiger partial charge on any atom is 0.0156 e. The minimum absolute atomic E-state index is 0.652. The molecule has 69 valence electrons. The second-order valence-electron chi connectivity index (χ2n) is 3.54. The summed E-state index contributed by atoms with van der Waals surface area (Å²) in [5.41, 5.74) is 0. The predicted octanol–water partition coefficient (Wildman–Crippen LogP) is 4.15. The monoisotopic (exact) mass is 165 g/mol. The van der Waals surface area contributed by atoms with E-state index in [2.05, 4.69) is 52.0 Å². The molecule has 0 aliphatic carbocycles. The van der Waals surface area contributed by atoms with E-state index in [1.54, 1.807) is 0 Å². The van der Waals surface area contributed by atoms with Gasteiger partial charge in [-0.3, -0.25) is 0 Å². The molecule has 0 rings (SSSR count). The quantitative estimate of drug-likeness (QED) is 0.574. The fraction of sp³-hybridized carbons (Fsp3) is 0.583. The zero-order valence-electron chi connectivity index (χ0n) is 8.80. The minimum Gasteiger partial charge on any atom is -0.0876 e. The lowest BCUT2D eigenvalue weighted by Gasteiger charge is -1.98. The van der Waals surface area contributed by atoms with Crippen molar-refractivity contribution in [2.75, 3.05) is 0 Å². The number of unbranched alkanes of at least 4 members (excludes halogenated alkanes) is 1. The Morgan fingerprint density at radius 2 is 1.92 bits per heavy atom. The van der Waals surface area contributed by atoms with Gasteiger partial charge in [0.1, 0.15) is 0 Å². The first-order chi connectivity index (χ1) is 5.66. The Morgan fingerprint density at radius 3 is 2.42 bits per heavy atom. The lowest BCUT2D eigenvalue weighted by atomic mass is 10.1. The summed E-state index contributed by atoms with van der Waals surface area (Å²) >= 11 is 0. The molecule has 0 unspecified atom stereocenters. The van der Waals surface area contributed by atoms with Crippen LogP contribution in [0.1, 0.15) is 40.5 Å². The van der Waals surface area contributed by atoms with Gasteiger partial charge in [0.25, 0.3) is 0 Å². The van der Waals surface area contributed by atoms with Crippen molar-refractivity contribution in [1.82, 2.24) is 0 Å². The van der Waals surface area contributed by atoms with Crippen molar-refractivity contribution in [3.8, 4) is 0 Å². The summed E-state index contributed by atoms with van der Waals surface area (Å²) in [5.74, 6) is 2.00. The standard InChI is InChI=1S/C12H21/c1-5-6-7-8-12(4)10-9-11(2)3/h7-11H,5-6H2,1-4H3/b8-7+,10-9+. The van der Waals surface area contributed by atoms with Crippen LogP contribution < -0.4 is 0 Å². The van der Waals surface area contributed by atoms with Gasteiger partial charge in [0.15, 0.2) is 0 Å². The number of hydrogen-bond donors (Lipinski definition) is 0. The van der Waals surface area contributed by atoms with Gasteiger partial charge in [0.05, 0.1) is 0 Å². The third kappa shape index (κ3) is 7.59. The van der Waals surface area contributed by atoms with E-state index >= 15 is 0 Å². The average Bonchev–Trinajstić information content (AvgIpc) is 2.01. The highest BCUT2D eigenvalue weighted by Crippen LogP contribution is 2.06. The molecule has 0 spiro atoms. The summed E-state index contributed by atoms with van der Waals surface area (Å²) in [6, 6.07) is 0. The zero-order valence-corrected chi connectivity index (χ0v) is 8.80. The molecule has 0 atom stereocenters. The smallest absolute Gasteiger partial charge is 0.0156 e. The summed E-state index contributed by atoms with van der Waals surface area (Å²) in [7, 11) is 0. The van der Waals surface area contributed by atoms with Crippen LogP contribution in [0.3, 0.4) is 0 Å². The molecule has 0 fully saturated rings. The Balaban J connectivity index is 3.65. The van der Waals surface area contributed by atoms with Crippen LogP contribution in [0, 0.1) is 11.8 Å². The molecule has 12 heavy (non-hydrogen) atoms. The van der Waals surface area contributed by atoms with Crippen LogP contribution >= 0.6 is 0 Å². The van der Waals surface area contributed by atoms with Gasteiger partial charge in [-0.25, -0.2) is 0 Å². The summed E-state index contributed by atoms with van der Waals surface area (Å²) < 4.78 is 0. The van der Waals surface area contributed by atoms with Gasteiger partial charge in [-0.15, -0.1) is 0 Å². The van der Waals surface area contributed by atoms with Crippen molar-refractivity contribution in [2.45, 2.75) is 40.5 Å². The van der Waals surface area contributed by atoms with E-state index in [-0.39, 0.29) is 0 Å². The Kier molecular flexibility index (Phi) is 6.84. The van der Waals surface area contributed by atoms with E-state index < -0.39 is 0 Å². The van der Waals surface area contributed by atoms with Crippen molar-refractivity contribution in [3.05, 3.63) is 30.2 Å². The molecule has 0 N–H and O–H groups in total. The maximum absolute atomic E-state index is 2.24. The third-order valence-electron chi connectivity index (χ3n) is 1.58. The number of allylic oxidation sites excluding steroid dienone is 4. The van der Waals surface area contributed by atoms with Gasteiger partial charge in [-0.2, -0.15) is 0 Å². The van der Waals surface area contributed by atoms with Gasteiger partial charge < -0.3 is 0 Å². The van der Waals surface area contributed by atoms with Gasteiger partial charge in [-0.1, -0.05) is 58.4 Å². The van der Waals surface area contributed by atoms with Gasteiger partial charge in [0, 0.05) is 5.92 Å². The van der Waals surface area contributed by atoms with E-state index in [1.807, 2.05) is 0 Å². The summed E-state index contributed by atoms with van der Waals surface area (Å²) in [5, 5.41) is 0. The van der Waals surface area contributed by atoms with Crippen molar-refractivity contribution in [2.24, 2.45) is 5.92 Å².